The Hall–Kier alpha value is -2.38. The minimum absolute atomic E-state index is 0.0930. The molecule has 0 radical (unpaired) electrons. The lowest BCUT2D eigenvalue weighted by molar-refractivity contribution is -0.115. The van der Waals surface area contributed by atoms with Crippen LogP contribution in [0.5, 0.6) is 0 Å². The van der Waals surface area contributed by atoms with Gasteiger partial charge in [-0.05, 0) is 54.7 Å². The van der Waals surface area contributed by atoms with E-state index in [0.717, 1.165) is 0 Å². The summed E-state index contributed by atoms with van der Waals surface area (Å²) in [5, 5.41) is 6.48. The van der Waals surface area contributed by atoms with Gasteiger partial charge >= 0.3 is 0 Å². The van der Waals surface area contributed by atoms with Crippen LogP contribution in [0.25, 0.3) is 17.4 Å². The molecule has 3 rings (SSSR count). The number of hydrogen-bond donors (Lipinski definition) is 2. The molecule has 0 aliphatic rings. The van der Waals surface area contributed by atoms with Crippen LogP contribution >= 0.6 is 47.0 Å². The van der Waals surface area contributed by atoms with Crippen molar-refractivity contribution < 1.29 is 9.21 Å². The van der Waals surface area contributed by atoms with Gasteiger partial charge in [-0.25, -0.2) is 4.98 Å². The Labute approximate surface area is 181 Å². The van der Waals surface area contributed by atoms with Crippen LogP contribution in [0.15, 0.2) is 59.2 Å². The maximum atomic E-state index is 12.0. The quantitative estimate of drug-likeness (QED) is 0.296. The largest absolute Gasteiger partial charge is 0.457 e. The number of carbonyl (C=O) groups is 1. The van der Waals surface area contributed by atoms with Crippen molar-refractivity contribution in [2.75, 3.05) is 5.32 Å². The Kier molecular flexibility index (Phi) is 6.70. The third-order valence-electron chi connectivity index (χ3n) is 3.49. The smallest absolute Gasteiger partial charge is 0.250 e. The molecule has 1 amide bonds. The molecule has 0 aliphatic heterocycles. The summed E-state index contributed by atoms with van der Waals surface area (Å²) in [4.78, 5) is 15.9. The summed E-state index contributed by atoms with van der Waals surface area (Å²) in [5.74, 6) is 0.572. The maximum Gasteiger partial charge on any atom is 0.250 e. The number of aromatic nitrogens is 1. The highest BCUT2D eigenvalue weighted by atomic mass is 35.5. The number of pyridine rings is 1. The fourth-order valence-electron chi connectivity index (χ4n) is 2.23. The van der Waals surface area contributed by atoms with Crippen molar-refractivity contribution in [3.8, 4) is 11.3 Å². The predicted molar refractivity (Wildman–Crippen MR) is 117 cm³/mol. The van der Waals surface area contributed by atoms with Crippen LogP contribution in [0, 0.1) is 0 Å². The average molecular weight is 453 g/mol. The van der Waals surface area contributed by atoms with Gasteiger partial charge in [0.25, 0.3) is 0 Å². The van der Waals surface area contributed by atoms with Crippen molar-refractivity contribution in [1.82, 2.24) is 10.3 Å². The first-order chi connectivity index (χ1) is 13.4. The summed E-state index contributed by atoms with van der Waals surface area (Å²) in [6.07, 6.45) is 4.35. The van der Waals surface area contributed by atoms with Crippen molar-refractivity contribution >= 4 is 69.8 Å². The van der Waals surface area contributed by atoms with Gasteiger partial charge in [0.1, 0.15) is 11.5 Å². The lowest BCUT2D eigenvalue weighted by Gasteiger charge is -2.08. The Morgan fingerprint density at radius 1 is 1.11 bits per heavy atom. The van der Waals surface area contributed by atoms with Crippen LogP contribution in [0.3, 0.4) is 0 Å². The third kappa shape index (κ3) is 5.11. The number of amides is 1. The van der Waals surface area contributed by atoms with E-state index in [4.69, 9.17) is 51.4 Å². The highest BCUT2D eigenvalue weighted by molar-refractivity contribution is 7.80. The molecule has 1 aromatic carbocycles. The van der Waals surface area contributed by atoms with E-state index in [0.29, 0.717) is 32.8 Å². The number of benzene rings is 1. The van der Waals surface area contributed by atoms with Crippen molar-refractivity contribution in [2.24, 2.45) is 0 Å². The lowest BCUT2D eigenvalue weighted by Crippen LogP contribution is -2.32. The number of carbonyl (C=O) groups excluding carboxylic acids is 1. The summed E-state index contributed by atoms with van der Waals surface area (Å²) in [7, 11) is 0. The minimum atomic E-state index is -0.434. The van der Waals surface area contributed by atoms with E-state index in [1.165, 1.54) is 12.2 Å². The second-order valence-electron chi connectivity index (χ2n) is 5.42. The van der Waals surface area contributed by atoms with Crippen LogP contribution in [0.4, 0.5) is 5.69 Å². The van der Waals surface area contributed by atoms with Crippen molar-refractivity contribution in [2.45, 2.75) is 0 Å². The first kappa shape index (κ1) is 20.4. The van der Waals surface area contributed by atoms with Crippen LogP contribution in [-0.2, 0) is 4.79 Å². The second kappa shape index (κ2) is 9.21. The Morgan fingerprint density at radius 3 is 2.71 bits per heavy atom. The highest BCUT2D eigenvalue weighted by Crippen LogP contribution is 2.34. The molecule has 0 unspecified atom stereocenters. The number of halogens is 3. The molecule has 0 bridgehead atoms. The van der Waals surface area contributed by atoms with E-state index in [1.54, 1.807) is 48.7 Å². The first-order valence-electron chi connectivity index (χ1n) is 7.89. The molecule has 0 atom stereocenters. The van der Waals surface area contributed by atoms with E-state index < -0.39 is 5.91 Å². The highest BCUT2D eigenvalue weighted by Gasteiger charge is 2.10. The monoisotopic (exact) mass is 451 g/mol. The molecule has 28 heavy (non-hydrogen) atoms. The maximum absolute atomic E-state index is 12.0. The zero-order chi connectivity index (χ0) is 20.1. The molecule has 2 N–H and O–H groups in total. The number of hydrogen-bond acceptors (Lipinski definition) is 4. The third-order valence-corrected chi connectivity index (χ3v) is 4.81. The number of rotatable bonds is 4. The fourth-order valence-corrected chi connectivity index (χ4v) is 3.00. The molecule has 5 nitrogen and oxygen atoms in total. The Morgan fingerprint density at radius 2 is 1.93 bits per heavy atom. The first-order valence-corrected chi connectivity index (χ1v) is 9.43. The zero-order valence-corrected chi connectivity index (χ0v) is 17.2. The molecular formula is C19H12Cl3N3O2S. The number of nitrogens with one attached hydrogen (secondary N) is 2. The normalized spacial score (nSPS) is 10.8. The van der Waals surface area contributed by atoms with Crippen LogP contribution in [0.1, 0.15) is 5.76 Å². The van der Waals surface area contributed by atoms with E-state index in [9.17, 15) is 4.79 Å². The summed E-state index contributed by atoms with van der Waals surface area (Å²) in [6, 6.07) is 12.1. The van der Waals surface area contributed by atoms with Crippen molar-refractivity contribution in [3.63, 3.8) is 0 Å². The zero-order valence-electron chi connectivity index (χ0n) is 14.1. The van der Waals surface area contributed by atoms with E-state index in [2.05, 4.69) is 15.6 Å². The van der Waals surface area contributed by atoms with E-state index in [-0.39, 0.29) is 10.3 Å². The van der Waals surface area contributed by atoms with Gasteiger partial charge in [0.2, 0.25) is 5.91 Å². The van der Waals surface area contributed by atoms with Crippen LogP contribution < -0.4 is 10.6 Å². The van der Waals surface area contributed by atoms with Crippen LogP contribution in [-0.4, -0.2) is 16.0 Å². The molecule has 3 aromatic rings. The Balaban J connectivity index is 1.62. The predicted octanol–water partition coefficient (Wildman–Crippen LogP) is 5.83. The molecule has 2 heterocycles. The SMILES string of the molecule is O=C(C=Cc1ccc(-c2cccc(Cl)c2Cl)o1)NC(=S)Nc1cccnc1Cl. The molecule has 0 saturated heterocycles. The average Bonchev–Trinajstić information content (AvgIpc) is 3.13. The molecular weight excluding hydrogens is 441 g/mol. The van der Waals surface area contributed by atoms with Crippen molar-refractivity contribution in [1.29, 1.82) is 0 Å². The number of furan rings is 1. The van der Waals surface area contributed by atoms with Gasteiger partial charge in [-0.3, -0.25) is 10.1 Å². The van der Waals surface area contributed by atoms with E-state index >= 15 is 0 Å². The Bertz CT molecular complexity index is 1070. The van der Waals surface area contributed by atoms with Gasteiger partial charge in [0, 0.05) is 17.8 Å². The number of anilines is 1. The molecule has 2 aromatic heterocycles. The summed E-state index contributed by atoms with van der Waals surface area (Å²) < 4.78 is 5.69. The molecule has 0 saturated carbocycles. The van der Waals surface area contributed by atoms with Gasteiger partial charge in [0.15, 0.2) is 10.3 Å². The molecule has 0 fully saturated rings. The standard InChI is InChI=1S/C19H12Cl3N3O2S/c20-13-4-1-3-12(17(13)21)15-8-6-11(27-15)7-9-16(26)25-19(28)24-14-5-2-10-23-18(14)22/h1-10H,(H2,24,25,26,28). The van der Waals surface area contributed by atoms with E-state index in [1.807, 2.05) is 0 Å². The summed E-state index contributed by atoms with van der Waals surface area (Å²) in [6.45, 7) is 0. The molecule has 142 valence electrons. The molecule has 0 spiro atoms. The number of nitrogens with zero attached hydrogens (tertiary/aromatic N) is 1. The number of thiocarbonyl (C=S) groups is 1. The second-order valence-corrected chi connectivity index (χ2v) is 6.97. The van der Waals surface area contributed by atoms with Crippen LogP contribution in [0.2, 0.25) is 15.2 Å². The van der Waals surface area contributed by atoms with Gasteiger partial charge in [-0.1, -0.05) is 40.9 Å². The van der Waals surface area contributed by atoms with Gasteiger partial charge in [-0.2, -0.15) is 0 Å². The van der Waals surface area contributed by atoms with Gasteiger partial charge in [-0.15, -0.1) is 0 Å². The van der Waals surface area contributed by atoms with Crippen molar-refractivity contribution in [3.05, 3.63) is 75.7 Å². The van der Waals surface area contributed by atoms with Gasteiger partial charge in [0.05, 0.1) is 15.7 Å². The summed E-state index contributed by atoms with van der Waals surface area (Å²) in [5.41, 5.74) is 1.16. The topological polar surface area (TPSA) is 67.2 Å². The fraction of sp³-hybridized carbons (Fsp3) is 0. The minimum Gasteiger partial charge on any atom is -0.457 e. The summed E-state index contributed by atoms with van der Waals surface area (Å²) >= 11 is 23.2. The lowest BCUT2D eigenvalue weighted by atomic mass is 10.2. The van der Waals surface area contributed by atoms with Gasteiger partial charge < -0.3 is 9.73 Å². The molecule has 0 aliphatic carbocycles. The molecule has 9 heteroatoms.